The van der Waals surface area contributed by atoms with Crippen molar-refractivity contribution in [2.75, 3.05) is 84.5 Å². The molecule has 4 aliphatic heterocycles. The third-order valence-corrected chi connectivity index (χ3v) is 19.7. The van der Waals surface area contributed by atoms with Gasteiger partial charge in [0.2, 0.25) is 5.91 Å². The Labute approximate surface area is 554 Å². The zero-order chi connectivity index (χ0) is 65.7. The van der Waals surface area contributed by atoms with Gasteiger partial charge in [-0.05, 0) is 238 Å². The second-order valence-electron chi connectivity index (χ2n) is 32.9. The van der Waals surface area contributed by atoms with Crippen LogP contribution < -0.4 is 0 Å². The molecule has 0 spiro atoms. The van der Waals surface area contributed by atoms with Crippen LogP contribution >= 0.6 is 0 Å². The first-order chi connectivity index (χ1) is 41.0. The van der Waals surface area contributed by atoms with Crippen molar-refractivity contribution < 1.29 is 13.2 Å². The molecular formula is C79H161N5O3S. The molecule has 526 valence electrons. The minimum atomic E-state index is -2.72. The molecule has 9 heteroatoms. The Morgan fingerprint density at radius 1 is 0.432 bits per heavy atom. The highest BCUT2D eigenvalue weighted by Gasteiger charge is 2.33. The Morgan fingerprint density at radius 3 is 1.07 bits per heavy atom. The van der Waals surface area contributed by atoms with E-state index in [1.807, 2.05) is 18.7 Å². The van der Waals surface area contributed by atoms with Gasteiger partial charge in [0.25, 0.3) is 0 Å². The van der Waals surface area contributed by atoms with Crippen LogP contribution in [0.2, 0.25) is 0 Å². The van der Waals surface area contributed by atoms with Crippen molar-refractivity contribution in [3.8, 4) is 6.07 Å². The predicted molar refractivity (Wildman–Crippen MR) is 392 cm³/mol. The van der Waals surface area contributed by atoms with Gasteiger partial charge in [-0.15, -0.1) is 0 Å². The second-order valence-corrected chi connectivity index (χ2v) is 35.2. The summed E-state index contributed by atoms with van der Waals surface area (Å²) < 4.78 is 21.1. The summed E-state index contributed by atoms with van der Waals surface area (Å²) in [5.74, 6) is 13.2. The van der Waals surface area contributed by atoms with Crippen LogP contribution in [-0.2, 0) is 14.6 Å². The molecule has 0 N–H and O–H groups in total. The molecule has 8 fully saturated rings. The Kier molecular flexibility index (Phi) is 54.6. The molecule has 0 aromatic carbocycles. The number of rotatable bonds is 22. The third kappa shape index (κ3) is 57.5. The van der Waals surface area contributed by atoms with Crippen molar-refractivity contribution >= 4 is 15.7 Å². The summed E-state index contributed by atoms with van der Waals surface area (Å²) in [5.41, 5.74) is 0. The van der Waals surface area contributed by atoms with Crippen molar-refractivity contribution in [3.05, 3.63) is 0 Å². The molecule has 2 atom stereocenters. The molecule has 8 nitrogen and oxygen atoms in total. The molecule has 4 heterocycles. The van der Waals surface area contributed by atoms with E-state index in [-0.39, 0.29) is 7.43 Å². The first-order valence-corrected chi connectivity index (χ1v) is 40.0. The number of carbonyl (C=O) groups excluding carboxylic acids is 1. The number of hydrogen-bond acceptors (Lipinski definition) is 7. The number of likely N-dealkylation sites (tertiary alicyclic amines) is 4. The van der Waals surface area contributed by atoms with E-state index in [2.05, 4.69) is 139 Å². The highest BCUT2D eigenvalue weighted by molar-refractivity contribution is 7.90. The summed E-state index contributed by atoms with van der Waals surface area (Å²) in [7, 11) is -0.497. The summed E-state index contributed by atoms with van der Waals surface area (Å²) in [6, 6.07) is 2.36. The van der Waals surface area contributed by atoms with Crippen LogP contribution in [0.1, 0.15) is 325 Å². The SMILES string of the molecule is C.CC(C)C(C#N)C1CC1.CC(C)CC1CC1.CC(C)CC1CCCCC1.CC(C)CC1CCCCC1.CC(C)CC1CCN(C)C1.CC(C)CCN1CCCC1.CC(C)CCN1CCCC1=O.CC(C)CCN1CCCCC1.CC(C)CCS(C)(=O)=O. The lowest BCUT2D eigenvalue weighted by Gasteiger charge is -2.26. The minimum absolute atomic E-state index is 0. The smallest absolute Gasteiger partial charge is 0.222 e. The summed E-state index contributed by atoms with van der Waals surface area (Å²) in [4.78, 5) is 20.7. The molecule has 0 radical (unpaired) electrons. The van der Waals surface area contributed by atoms with Crippen LogP contribution in [0, 0.1) is 100 Å². The second kappa shape index (κ2) is 54.1. The van der Waals surface area contributed by atoms with Gasteiger partial charge in [-0.3, -0.25) is 4.79 Å². The summed E-state index contributed by atoms with van der Waals surface area (Å²) in [5, 5.41) is 8.66. The van der Waals surface area contributed by atoms with Crippen molar-refractivity contribution in [1.82, 2.24) is 19.6 Å². The average Bonchev–Trinajstić information content (AvgIpc) is 4.38. The topological polar surface area (TPSA) is 88.0 Å². The predicted octanol–water partition coefficient (Wildman–Crippen LogP) is 21.9. The number of carbonyl (C=O) groups is 1. The highest BCUT2D eigenvalue weighted by Crippen LogP contribution is 2.40. The first-order valence-electron chi connectivity index (χ1n) is 38.0. The lowest BCUT2D eigenvalue weighted by atomic mass is 9.84. The molecule has 88 heavy (non-hydrogen) atoms. The number of nitriles is 1. The Morgan fingerprint density at radius 2 is 0.795 bits per heavy atom. The van der Waals surface area contributed by atoms with E-state index in [1.165, 1.54) is 226 Å². The van der Waals surface area contributed by atoms with E-state index in [4.69, 9.17) is 5.26 Å². The van der Waals surface area contributed by atoms with E-state index in [0.29, 0.717) is 35.3 Å². The lowest BCUT2D eigenvalue weighted by Crippen LogP contribution is -2.31. The number of amides is 1. The number of nitrogens with zero attached hydrogens (tertiary/aromatic N) is 5. The van der Waals surface area contributed by atoms with E-state index >= 15 is 0 Å². The van der Waals surface area contributed by atoms with Gasteiger partial charge in [0.05, 0.1) is 17.7 Å². The van der Waals surface area contributed by atoms with E-state index in [0.717, 1.165) is 104 Å². The molecule has 0 aromatic heterocycles. The summed E-state index contributed by atoms with van der Waals surface area (Å²) >= 11 is 0. The van der Waals surface area contributed by atoms with Crippen LogP contribution in [0.4, 0.5) is 0 Å². The Hall–Kier alpha value is -1.21. The largest absolute Gasteiger partial charge is 0.343 e. The molecule has 8 rings (SSSR count). The lowest BCUT2D eigenvalue weighted by molar-refractivity contribution is -0.127. The van der Waals surface area contributed by atoms with E-state index in [1.54, 1.807) is 0 Å². The van der Waals surface area contributed by atoms with Crippen LogP contribution in [0.15, 0.2) is 0 Å². The van der Waals surface area contributed by atoms with Crippen LogP contribution in [0.25, 0.3) is 0 Å². The Bertz CT molecular complexity index is 1670. The molecule has 0 bridgehead atoms. The van der Waals surface area contributed by atoms with Crippen molar-refractivity contribution in [2.24, 2.45) is 88.8 Å². The zero-order valence-corrected chi connectivity index (χ0v) is 63.3. The molecule has 4 saturated heterocycles. The van der Waals surface area contributed by atoms with E-state index in [9.17, 15) is 13.2 Å². The van der Waals surface area contributed by atoms with Gasteiger partial charge in [-0.25, -0.2) is 8.42 Å². The standard InChI is InChI=1S/C10H21N.2C10H20.C9H17NO.2C9H19N.C8H13N.C7H14.C6H14O2S.CH4/c1-10(2)6-9-11-7-4-3-5-8-11;2*1-9(2)8-10-6-4-3-5-7-10;1-8(2)5-7-10-6-3-4-9(10)11;1-8(2)6-9-4-5-10(3)7-9;1-9(2)5-8-10-6-3-4-7-10;1-6(2)8(5-9)7-3-4-7;1-6(2)5-7-3-4-7;1-6(2)4-5-9(3,7)8;/h10H,3-9H2,1-2H3;2*9-10H,3-8H2,1-2H3;8H,3-7H2,1-2H3;8-9H,4-7H2,1-3H3;9H,3-8H2,1-2H3;6-8H,3-4H2,1-2H3;6-7H,3-5H2,1-2H3;6H,4-5H2,1-3H3;1H4. The van der Waals surface area contributed by atoms with Gasteiger partial charge in [0, 0.05) is 32.3 Å². The minimum Gasteiger partial charge on any atom is -0.343 e. The molecule has 8 aliphatic rings. The van der Waals surface area contributed by atoms with Gasteiger partial charge in [0.15, 0.2) is 0 Å². The maximum Gasteiger partial charge on any atom is 0.222 e. The maximum atomic E-state index is 11.1. The van der Waals surface area contributed by atoms with E-state index < -0.39 is 9.84 Å². The average molecular weight is 1260 g/mol. The molecule has 0 aromatic rings. The Balaban J connectivity index is 0. The van der Waals surface area contributed by atoms with Crippen LogP contribution in [0.3, 0.4) is 0 Å². The number of sulfone groups is 1. The molecule has 2 unspecified atom stereocenters. The third-order valence-electron chi connectivity index (χ3n) is 18.8. The first kappa shape index (κ1) is 88.8. The fourth-order valence-electron chi connectivity index (χ4n) is 13.2. The monoisotopic (exact) mass is 1260 g/mol. The van der Waals surface area contributed by atoms with Gasteiger partial charge >= 0.3 is 0 Å². The quantitative estimate of drug-likeness (QED) is 0.107. The molecule has 4 aliphatic carbocycles. The van der Waals surface area contributed by atoms with Crippen molar-refractivity contribution in [2.45, 2.75) is 325 Å². The van der Waals surface area contributed by atoms with Gasteiger partial charge in [-0.2, -0.15) is 5.26 Å². The molecule has 1 amide bonds. The van der Waals surface area contributed by atoms with Gasteiger partial charge in [0.1, 0.15) is 9.84 Å². The highest BCUT2D eigenvalue weighted by atomic mass is 32.2. The fraction of sp³-hybridized carbons (Fsp3) is 0.975. The zero-order valence-electron chi connectivity index (χ0n) is 62.5. The number of hydrogen-bond donors (Lipinski definition) is 0. The number of piperidine rings is 1. The van der Waals surface area contributed by atoms with Crippen molar-refractivity contribution in [3.63, 3.8) is 0 Å². The van der Waals surface area contributed by atoms with Gasteiger partial charge < -0.3 is 19.6 Å². The molecule has 4 saturated carbocycles. The van der Waals surface area contributed by atoms with Gasteiger partial charge in [-0.1, -0.05) is 216 Å². The van der Waals surface area contributed by atoms with Crippen LogP contribution in [0.5, 0.6) is 0 Å². The normalized spacial score (nSPS) is 20.6. The molecular weight excluding hydrogens is 1100 g/mol. The van der Waals surface area contributed by atoms with Crippen LogP contribution in [-0.4, -0.2) is 118 Å². The fourth-order valence-corrected chi connectivity index (χ4v) is 14.1. The summed E-state index contributed by atoms with van der Waals surface area (Å²) in [6.07, 6.45) is 42.8. The van der Waals surface area contributed by atoms with Crippen molar-refractivity contribution in [1.29, 1.82) is 5.26 Å². The maximum absolute atomic E-state index is 11.1. The summed E-state index contributed by atoms with van der Waals surface area (Å²) in [6.45, 7) is 53.2.